The van der Waals surface area contributed by atoms with Crippen LogP contribution in [0.2, 0.25) is 5.02 Å². The van der Waals surface area contributed by atoms with E-state index in [-0.39, 0.29) is 17.0 Å². The summed E-state index contributed by atoms with van der Waals surface area (Å²) in [5.74, 6) is -4.21. The van der Waals surface area contributed by atoms with Crippen LogP contribution in [-0.2, 0) is 10.8 Å². The maximum absolute atomic E-state index is 12.5. The third-order valence-corrected chi connectivity index (χ3v) is 5.46. The van der Waals surface area contributed by atoms with Crippen molar-refractivity contribution < 1.29 is 25.2 Å². The fraction of sp³-hybridized carbons (Fsp3) is 0.174. The Morgan fingerprint density at radius 1 is 1.15 bits per heavy atom. The SMILES string of the molecule is Cc1cn2c(C(O)(O)O)nc(-c3ccc(NC(=O)C(O)c4cccc(Cl)c4)cc3C)c2c(N)n1. The molecule has 2 aromatic heterocycles. The van der Waals surface area contributed by atoms with Gasteiger partial charge < -0.3 is 31.5 Å². The van der Waals surface area contributed by atoms with Crippen molar-refractivity contribution in [3.05, 3.63) is 76.3 Å². The highest BCUT2D eigenvalue weighted by molar-refractivity contribution is 6.30. The minimum atomic E-state index is -3.21. The molecule has 4 rings (SSSR count). The second-order valence-corrected chi connectivity index (χ2v) is 8.32. The van der Waals surface area contributed by atoms with Crippen LogP contribution in [0.4, 0.5) is 11.5 Å². The summed E-state index contributed by atoms with van der Waals surface area (Å²) >= 11 is 5.93. The Morgan fingerprint density at radius 2 is 1.88 bits per heavy atom. The number of halogens is 1. The van der Waals surface area contributed by atoms with Crippen molar-refractivity contribution >= 4 is 34.5 Å². The quantitative estimate of drug-likeness (QED) is 0.234. The van der Waals surface area contributed by atoms with Crippen LogP contribution in [0, 0.1) is 13.8 Å². The number of benzene rings is 2. The number of imidazole rings is 1. The van der Waals surface area contributed by atoms with Crippen LogP contribution >= 0.6 is 11.6 Å². The topological polar surface area (TPSA) is 166 Å². The molecule has 2 aromatic carbocycles. The first kappa shape index (κ1) is 23.6. The molecule has 0 radical (unpaired) electrons. The molecule has 11 heteroatoms. The molecular weight excluding hydrogens is 462 g/mol. The smallest absolute Gasteiger partial charge is 0.339 e. The Morgan fingerprint density at radius 3 is 2.53 bits per heavy atom. The summed E-state index contributed by atoms with van der Waals surface area (Å²) in [6, 6.07) is 11.3. The first-order valence-corrected chi connectivity index (χ1v) is 10.5. The normalized spacial score (nSPS) is 12.7. The van der Waals surface area contributed by atoms with Crippen LogP contribution in [0.25, 0.3) is 16.8 Å². The van der Waals surface area contributed by atoms with Gasteiger partial charge in [0.25, 0.3) is 5.91 Å². The van der Waals surface area contributed by atoms with E-state index in [2.05, 4.69) is 15.3 Å². The Balaban J connectivity index is 1.70. The molecule has 1 amide bonds. The number of amides is 1. The van der Waals surface area contributed by atoms with Crippen LogP contribution in [-0.4, -0.2) is 40.7 Å². The van der Waals surface area contributed by atoms with Crippen LogP contribution in [0.1, 0.15) is 28.7 Å². The molecule has 4 aromatic rings. The van der Waals surface area contributed by atoms with Gasteiger partial charge in [-0.2, -0.15) is 0 Å². The molecule has 0 fully saturated rings. The molecule has 2 heterocycles. The fourth-order valence-electron chi connectivity index (χ4n) is 3.73. The van der Waals surface area contributed by atoms with Crippen LogP contribution in [0.3, 0.4) is 0 Å². The number of nitrogen functional groups attached to an aromatic ring is 1. The van der Waals surface area contributed by atoms with Crippen molar-refractivity contribution in [2.24, 2.45) is 0 Å². The standard InChI is InChI=1S/C23H22ClN5O5/c1-11-8-15(27-21(31)19(30)13-4-3-5-14(24)9-13)6-7-16(11)17-18-20(25)26-12(2)10-29(18)22(28-17)23(32,33)34/h3-10,19,30,32-34H,1-2H3,(H2,25,26)(H,27,31). The van der Waals surface area contributed by atoms with E-state index < -0.39 is 23.8 Å². The third-order valence-electron chi connectivity index (χ3n) is 5.23. The summed E-state index contributed by atoms with van der Waals surface area (Å²) in [6.07, 6.45) is 0.0510. The van der Waals surface area contributed by atoms with Crippen LogP contribution in [0.5, 0.6) is 0 Å². The first-order chi connectivity index (χ1) is 16.0. The second kappa shape index (κ2) is 8.67. The van der Waals surface area contributed by atoms with Gasteiger partial charge in [0.15, 0.2) is 6.10 Å². The number of rotatable bonds is 5. The zero-order chi connectivity index (χ0) is 24.8. The highest BCUT2D eigenvalue weighted by Crippen LogP contribution is 2.34. The number of aromatic nitrogens is 3. The van der Waals surface area contributed by atoms with E-state index in [0.29, 0.717) is 33.1 Å². The van der Waals surface area contributed by atoms with E-state index in [0.717, 1.165) is 0 Å². The lowest BCUT2D eigenvalue weighted by atomic mass is 10.0. The summed E-state index contributed by atoms with van der Waals surface area (Å²) in [5, 5.41) is 42.8. The van der Waals surface area contributed by atoms with Crippen molar-refractivity contribution in [1.82, 2.24) is 14.4 Å². The summed E-state index contributed by atoms with van der Waals surface area (Å²) in [4.78, 5) is 20.9. The molecule has 0 aliphatic heterocycles. The number of aryl methyl sites for hydroxylation is 2. The zero-order valence-electron chi connectivity index (χ0n) is 18.2. The maximum Gasteiger partial charge on any atom is 0.339 e. The average molecular weight is 484 g/mol. The molecule has 7 N–H and O–H groups in total. The molecule has 34 heavy (non-hydrogen) atoms. The van der Waals surface area contributed by atoms with Crippen molar-refractivity contribution in [3.63, 3.8) is 0 Å². The molecule has 0 aliphatic carbocycles. The Kier molecular flexibility index (Phi) is 6.02. The van der Waals surface area contributed by atoms with E-state index in [1.165, 1.54) is 16.7 Å². The minimum Gasteiger partial charge on any atom is -0.382 e. The maximum atomic E-state index is 12.5. The van der Waals surface area contributed by atoms with E-state index in [1.807, 2.05) is 0 Å². The van der Waals surface area contributed by atoms with Gasteiger partial charge in [0.1, 0.15) is 17.0 Å². The average Bonchev–Trinajstić information content (AvgIpc) is 3.13. The van der Waals surface area contributed by atoms with Crippen molar-refractivity contribution in [2.75, 3.05) is 11.1 Å². The van der Waals surface area contributed by atoms with Gasteiger partial charge in [-0.3, -0.25) is 9.20 Å². The summed E-state index contributed by atoms with van der Waals surface area (Å²) < 4.78 is 1.27. The fourth-order valence-corrected chi connectivity index (χ4v) is 3.93. The van der Waals surface area contributed by atoms with Gasteiger partial charge in [0, 0.05) is 22.5 Å². The van der Waals surface area contributed by atoms with E-state index in [9.17, 15) is 25.2 Å². The number of carbonyl (C=O) groups is 1. The van der Waals surface area contributed by atoms with Crippen molar-refractivity contribution in [1.29, 1.82) is 0 Å². The lowest BCUT2D eigenvalue weighted by molar-refractivity contribution is -0.329. The summed E-state index contributed by atoms with van der Waals surface area (Å²) in [5.41, 5.74) is 9.08. The predicted molar refractivity (Wildman–Crippen MR) is 126 cm³/mol. The molecule has 0 saturated heterocycles. The Bertz CT molecular complexity index is 1410. The number of hydrogen-bond acceptors (Lipinski definition) is 8. The molecule has 10 nitrogen and oxygen atoms in total. The number of anilines is 2. The van der Waals surface area contributed by atoms with Gasteiger partial charge in [-0.25, -0.2) is 9.97 Å². The number of nitrogens with one attached hydrogen (secondary N) is 1. The molecule has 176 valence electrons. The lowest BCUT2D eigenvalue weighted by Crippen LogP contribution is -2.27. The molecule has 1 atom stereocenters. The van der Waals surface area contributed by atoms with Gasteiger partial charge in [-0.1, -0.05) is 29.8 Å². The van der Waals surface area contributed by atoms with Gasteiger partial charge in [0.2, 0.25) is 5.82 Å². The van der Waals surface area contributed by atoms with Gasteiger partial charge in [-0.15, -0.1) is 0 Å². The van der Waals surface area contributed by atoms with Crippen molar-refractivity contribution in [2.45, 2.75) is 25.9 Å². The highest BCUT2D eigenvalue weighted by Gasteiger charge is 2.31. The highest BCUT2D eigenvalue weighted by atomic mass is 35.5. The van der Waals surface area contributed by atoms with E-state index in [1.54, 1.807) is 50.2 Å². The number of hydrogen-bond donors (Lipinski definition) is 6. The van der Waals surface area contributed by atoms with Gasteiger partial charge in [0.05, 0.1) is 5.69 Å². The van der Waals surface area contributed by atoms with Crippen molar-refractivity contribution in [3.8, 4) is 11.3 Å². The third kappa shape index (κ3) is 4.45. The van der Waals surface area contributed by atoms with E-state index >= 15 is 0 Å². The second-order valence-electron chi connectivity index (χ2n) is 7.88. The number of carbonyl (C=O) groups excluding carboxylic acids is 1. The first-order valence-electron chi connectivity index (χ1n) is 10.1. The number of aliphatic hydroxyl groups excluding tert-OH is 1. The Labute approximate surface area is 198 Å². The molecule has 0 saturated carbocycles. The number of nitrogens with zero attached hydrogens (tertiary/aromatic N) is 3. The van der Waals surface area contributed by atoms with Gasteiger partial charge >= 0.3 is 5.97 Å². The summed E-state index contributed by atoms with van der Waals surface area (Å²) in [6.45, 7) is 3.42. The number of fused-ring (bicyclic) bond motifs is 1. The van der Waals surface area contributed by atoms with Gasteiger partial charge in [-0.05, 0) is 49.2 Å². The molecule has 0 aliphatic rings. The minimum absolute atomic E-state index is 0.0828. The number of nitrogens with two attached hydrogens (primary N) is 1. The largest absolute Gasteiger partial charge is 0.382 e. The monoisotopic (exact) mass is 483 g/mol. The number of aliphatic hydroxyl groups is 4. The molecule has 0 bridgehead atoms. The predicted octanol–water partition coefficient (Wildman–Crippen LogP) is 2.01. The van der Waals surface area contributed by atoms with E-state index in [4.69, 9.17) is 17.3 Å². The van der Waals surface area contributed by atoms with Crippen LogP contribution in [0.15, 0.2) is 48.7 Å². The Hall–Kier alpha value is -3.54. The lowest BCUT2D eigenvalue weighted by Gasteiger charge is -2.13. The summed E-state index contributed by atoms with van der Waals surface area (Å²) in [7, 11) is 0. The molecule has 1 unspecified atom stereocenters. The molecular formula is C23H22ClN5O5. The van der Waals surface area contributed by atoms with Crippen LogP contribution < -0.4 is 11.1 Å². The molecule has 0 spiro atoms. The zero-order valence-corrected chi connectivity index (χ0v) is 18.9.